The molecule has 1 rings (SSSR count). The maximum atomic E-state index is 11.5. The fraction of sp³-hybridized carbons (Fsp3) is 0.500. The smallest absolute Gasteiger partial charge is 0.306 e. The van der Waals surface area contributed by atoms with Gasteiger partial charge in [-0.3, -0.25) is 4.79 Å². The highest BCUT2D eigenvalue weighted by atomic mass is 32.2. The van der Waals surface area contributed by atoms with Crippen LogP contribution < -0.4 is 4.74 Å². The van der Waals surface area contributed by atoms with Gasteiger partial charge in [-0.05, 0) is 31.2 Å². The second kappa shape index (κ2) is 8.86. The summed E-state index contributed by atoms with van der Waals surface area (Å²) in [5.74, 6) is 1.56. The van der Waals surface area contributed by atoms with E-state index in [1.165, 1.54) is 0 Å². The third-order valence-corrected chi connectivity index (χ3v) is 3.00. The first kappa shape index (κ1) is 14.9. The van der Waals surface area contributed by atoms with Gasteiger partial charge in [0.25, 0.3) is 0 Å². The first-order chi connectivity index (χ1) is 8.77. The van der Waals surface area contributed by atoms with Gasteiger partial charge in [0, 0.05) is 12.2 Å². The molecule has 0 amide bonds. The summed E-state index contributed by atoms with van der Waals surface area (Å²) >= 11 is 1.67. The number of aryl methyl sites for hydroxylation is 1. The van der Waals surface area contributed by atoms with E-state index < -0.39 is 0 Å². The number of carbonyl (C=O) groups is 1. The Morgan fingerprint density at radius 2 is 2.11 bits per heavy atom. The van der Waals surface area contributed by atoms with Gasteiger partial charge >= 0.3 is 5.97 Å². The minimum absolute atomic E-state index is 0.143. The van der Waals surface area contributed by atoms with Crippen molar-refractivity contribution in [1.29, 1.82) is 0 Å². The molecule has 0 radical (unpaired) electrons. The van der Waals surface area contributed by atoms with Crippen LogP contribution in [0.5, 0.6) is 5.75 Å². The molecule has 0 unspecified atom stereocenters. The third-order valence-electron chi connectivity index (χ3n) is 2.42. The Morgan fingerprint density at radius 1 is 1.33 bits per heavy atom. The molecular formula is C14H20O3S. The average Bonchev–Trinajstić information content (AvgIpc) is 2.38. The van der Waals surface area contributed by atoms with E-state index in [0.29, 0.717) is 26.1 Å². The molecule has 0 bridgehead atoms. The van der Waals surface area contributed by atoms with Crippen LogP contribution in [-0.2, 0) is 16.0 Å². The second-order valence-corrected chi connectivity index (χ2v) is 4.74. The van der Waals surface area contributed by atoms with Gasteiger partial charge in [-0.15, -0.1) is 0 Å². The Labute approximate surface area is 113 Å². The van der Waals surface area contributed by atoms with Gasteiger partial charge in [-0.1, -0.05) is 18.2 Å². The van der Waals surface area contributed by atoms with E-state index in [1.54, 1.807) is 11.8 Å². The average molecular weight is 268 g/mol. The van der Waals surface area contributed by atoms with Crippen molar-refractivity contribution in [3.63, 3.8) is 0 Å². The maximum absolute atomic E-state index is 11.5. The van der Waals surface area contributed by atoms with Crippen LogP contribution in [0.2, 0.25) is 0 Å². The van der Waals surface area contributed by atoms with Crippen molar-refractivity contribution < 1.29 is 14.3 Å². The Balaban J connectivity index is 2.40. The lowest BCUT2D eigenvalue weighted by Gasteiger charge is -2.09. The van der Waals surface area contributed by atoms with Gasteiger partial charge in [0.15, 0.2) is 0 Å². The van der Waals surface area contributed by atoms with Gasteiger partial charge in [0.05, 0.1) is 6.61 Å². The van der Waals surface area contributed by atoms with Gasteiger partial charge in [0.2, 0.25) is 0 Å². The molecule has 1 aromatic rings. The molecule has 0 saturated heterocycles. The minimum atomic E-state index is -0.143. The first-order valence-corrected chi connectivity index (χ1v) is 7.52. The molecule has 0 atom stereocenters. The molecule has 0 spiro atoms. The number of esters is 1. The highest BCUT2D eigenvalue weighted by molar-refractivity contribution is 7.98. The van der Waals surface area contributed by atoms with Crippen molar-refractivity contribution in [2.75, 3.05) is 25.2 Å². The molecule has 3 nitrogen and oxygen atoms in total. The van der Waals surface area contributed by atoms with Crippen LogP contribution in [-0.4, -0.2) is 31.2 Å². The van der Waals surface area contributed by atoms with E-state index in [9.17, 15) is 4.79 Å². The zero-order valence-electron chi connectivity index (χ0n) is 11.0. The standard InChI is InChI=1S/C14H20O3S/c1-3-16-13-7-5-4-6-12(13)8-9-14(15)17-10-11-18-2/h4-7H,3,8-11H2,1-2H3. The fourth-order valence-electron chi connectivity index (χ4n) is 1.55. The Kier molecular flexibility index (Phi) is 7.34. The largest absolute Gasteiger partial charge is 0.494 e. The zero-order valence-corrected chi connectivity index (χ0v) is 11.8. The Bertz CT molecular complexity index is 366. The number of thioether (sulfide) groups is 1. The molecule has 4 heteroatoms. The van der Waals surface area contributed by atoms with E-state index in [-0.39, 0.29) is 5.97 Å². The molecule has 0 aliphatic rings. The molecule has 0 fully saturated rings. The van der Waals surface area contributed by atoms with E-state index in [1.807, 2.05) is 37.4 Å². The molecule has 0 aliphatic carbocycles. The van der Waals surface area contributed by atoms with Crippen molar-refractivity contribution in [3.05, 3.63) is 29.8 Å². The van der Waals surface area contributed by atoms with Gasteiger partial charge in [-0.2, -0.15) is 11.8 Å². The summed E-state index contributed by atoms with van der Waals surface area (Å²) < 4.78 is 10.6. The Morgan fingerprint density at radius 3 is 2.83 bits per heavy atom. The molecule has 18 heavy (non-hydrogen) atoms. The molecule has 0 aromatic heterocycles. The summed E-state index contributed by atoms with van der Waals surface area (Å²) in [5, 5.41) is 0. The van der Waals surface area contributed by atoms with E-state index in [4.69, 9.17) is 9.47 Å². The van der Waals surface area contributed by atoms with Crippen molar-refractivity contribution in [2.45, 2.75) is 19.8 Å². The summed E-state index contributed by atoms with van der Waals surface area (Å²) in [6.45, 7) is 3.08. The lowest BCUT2D eigenvalue weighted by Crippen LogP contribution is -2.08. The van der Waals surface area contributed by atoms with Crippen LogP contribution in [0.3, 0.4) is 0 Å². The number of carbonyl (C=O) groups excluding carboxylic acids is 1. The molecule has 0 N–H and O–H groups in total. The topological polar surface area (TPSA) is 35.5 Å². The summed E-state index contributed by atoms with van der Waals surface area (Å²) in [5.41, 5.74) is 1.06. The minimum Gasteiger partial charge on any atom is -0.494 e. The number of hydrogen-bond donors (Lipinski definition) is 0. The van der Waals surface area contributed by atoms with E-state index in [0.717, 1.165) is 17.1 Å². The molecule has 0 saturated carbocycles. The van der Waals surface area contributed by atoms with Crippen LogP contribution >= 0.6 is 11.8 Å². The number of para-hydroxylation sites is 1. The summed E-state index contributed by atoms with van der Waals surface area (Å²) in [7, 11) is 0. The quantitative estimate of drug-likeness (QED) is 0.536. The zero-order chi connectivity index (χ0) is 13.2. The molecule has 100 valence electrons. The maximum Gasteiger partial charge on any atom is 0.306 e. The van der Waals surface area contributed by atoms with Gasteiger partial charge in [-0.25, -0.2) is 0 Å². The van der Waals surface area contributed by atoms with Crippen molar-refractivity contribution >= 4 is 17.7 Å². The summed E-state index contributed by atoms with van der Waals surface area (Å²) in [6, 6.07) is 7.81. The summed E-state index contributed by atoms with van der Waals surface area (Å²) in [6.07, 6.45) is 3.05. The fourth-order valence-corrected chi connectivity index (χ4v) is 1.80. The summed E-state index contributed by atoms with van der Waals surface area (Å²) in [4.78, 5) is 11.5. The highest BCUT2D eigenvalue weighted by Crippen LogP contribution is 2.19. The molecule has 1 aromatic carbocycles. The highest BCUT2D eigenvalue weighted by Gasteiger charge is 2.07. The lowest BCUT2D eigenvalue weighted by atomic mass is 10.1. The number of rotatable bonds is 8. The lowest BCUT2D eigenvalue weighted by molar-refractivity contribution is -0.142. The molecule has 0 aliphatic heterocycles. The van der Waals surface area contributed by atoms with E-state index >= 15 is 0 Å². The first-order valence-electron chi connectivity index (χ1n) is 6.13. The predicted octanol–water partition coefficient (Wildman–Crippen LogP) is 2.92. The molecular weight excluding hydrogens is 248 g/mol. The third kappa shape index (κ3) is 5.45. The van der Waals surface area contributed by atoms with E-state index in [2.05, 4.69) is 0 Å². The van der Waals surface area contributed by atoms with Crippen LogP contribution in [0.1, 0.15) is 18.9 Å². The van der Waals surface area contributed by atoms with Crippen molar-refractivity contribution in [2.24, 2.45) is 0 Å². The van der Waals surface area contributed by atoms with Gasteiger partial charge in [0.1, 0.15) is 12.4 Å². The molecule has 0 heterocycles. The van der Waals surface area contributed by atoms with Crippen LogP contribution in [0, 0.1) is 0 Å². The Hall–Kier alpha value is -1.16. The second-order valence-electron chi connectivity index (χ2n) is 3.75. The predicted molar refractivity (Wildman–Crippen MR) is 75.3 cm³/mol. The van der Waals surface area contributed by atoms with Crippen LogP contribution in [0.25, 0.3) is 0 Å². The number of ether oxygens (including phenoxy) is 2. The monoisotopic (exact) mass is 268 g/mol. The number of benzene rings is 1. The SMILES string of the molecule is CCOc1ccccc1CCC(=O)OCCSC. The van der Waals surface area contributed by atoms with Crippen LogP contribution in [0.4, 0.5) is 0 Å². The van der Waals surface area contributed by atoms with Gasteiger partial charge < -0.3 is 9.47 Å². The van der Waals surface area contributed by atoms with Crippen LogP contribution in [0.15, 0.2) is 24.3 Å². The van der Waals surface area contributed by atoms with Crippen molar-refractivity contribution in [3.8, 4) is 5.75 Å². The normalized spacial score (nSPS) is 10.1. The van der Waals surface area contributed by atoms with Crippen molar-refractivity contribution in [1.82, 2.24) is 0 Å². The number of hydrogen-bond acceptors (Lipinski definition) is 4.